The molecule has 0 bridgehead atoms. The van der Waals surface area contributed by atoms with Crippen LogP contribution in [0.3, 0.4) is 0 Å². The minimum atomic E-state index is -1.74. The molecule has 9 aliphatic rings. The number of fused-ring (bicyclic) bond motifs is 7. The van der Waals surface area contributed by atoms with Gasteiger partial charge in [-0.1, -0.05) is 39.3 Å². The van der Waals surface area contributed by atoms with Crippen molar-refractivity contribution >= 4 is 0 Å². The summed E-state index contributed by atoms with van der Waals surface area (Å²) in [6, 6.07) is 0. The number of hydrogen-bond acceptors (Lipinski definition) is 18. The highest BCUT2D eigenvalue weighted by Gasteiger charge is 2.76. The van der Waals surface area contributed by atoms with Gasteiger partial charge in [0.15, 0.2) is 30.9 Å². The molecular formula is C45H72O18. The lowest BCUT2D eigenvalue weighted by molar-refractivity contribution is -0.390. The molecule has 5 heterocycles. The number of aliphatic hydroxyl groups excluding tert-OH is 8. The molecule has 18 heteroatoms. The zero-order valence-electron chi connectivity index (χ0n) is 37.3. The van der Waals surface area contributed by atoms with Crippen molar-refractivity contribution < 1.29 is 88.6 Å². The van der Waals surface area contributed by atoms with Gasteiger partial charge in [-0.3, -0.25) is 0 Å². The zero-order valence-corrected chi connectivity index (χ0v) is 37.3. The smallest absolute Gasteiger partial charge is 0.187 e. The molecule has 9 rings (SSSR count). The van der Waals surface area contributed by atoms with Crippen LogP contribution < -0.4 is 0 Å². The third-order valence-corrected chi connectivity index (χ3v) is 17.9. The summed E-state index contributed by atoms with van der Waals surface area (Å²) >= 11 is 0. The van der Waals surface area contributed by atoms with E-state index < -0.39 is 110 Å². The highest BCUT2D eigenvalue weighted by Crippen LogP contribution is 2.72. The Balaban J connectivity index is 0.938. The maximum atomic E-state index is 12.9. The molecule has 0 aromatic heterocycles. The largest absolute Gasteiger partial charge is 0.394 e. The van der Waals surface area contributed by atoms with Gasteiger partial charge in [-0.05, 0) is 81.5 Å². The lowest BCUT2D eigenvalue weighted by Gasteiger charge is -2.60. The van der Waals surface area contributed by atoms with Crippen molar-refractivity contribution in [3.63, 3.8) is 0 Å². The molecular weight excluding hydrogens is 828 g/mol. The Morgan fingerprint density at radius 3 is 2.19 bits per heavy atom. The average molecular weight is 901 g/mol. The van der Waals surface area contributed by atoms with Crippen LogP contribution in [0.5, 0.6) is 0 Å². The lowest BCUT2D eigenvalue weighted by Crippen LogP contribution is -2.66. The van der Waals surface area contributed by atoms with E-state index >= 15 is 0 Å². The standard InChI is InChI=1S/C45H72O18/c1-19-9-14-44(63-38(19)55-6)21(3)45(54)29(62-44)16-26-24-8-7-22-15-23(10-12-42(22,4)25(24)11-13-43(26,45)5)58-41-37(61-40-35(53)33(51)30(48)20(2)57-40)36(32(50)28(17-46)59-41)60-39-34(52)31(49)27(47)18-56-39/h7,19-21,23-41,46-54H,8-18H2,1-6H3/t19-,20+,21-,23+,24-,25+,26+,27-,28-,29+,30+,31+,32-,33-,34-,35-,36+,37-,38-,39+,40+,41-,42+,43+,44+,45-/m1/s1. The van der Waals surface area contributed by atoms with Gasteiger partial charge in [0, 0.05) is 30.8 Å². The quantitative estimate of drug-likeness (QED) is 0.145. The number of ether oxygens (including phenoxy) is 9. The maximum absolute atomic E-state index is 12.9. The van der Waals surface area contributed by atoms with Crippen LogP contribution in [0.1, 0.15) is 92.4 Å². The first-order valence-corrected chi connectivity index (χ1v) is 23.4. The Bertz CT molecular complexity index is 1670. The third kappa shape index (κ3) is 7.35. The Labute approximate surface area is 368 Å². The molecule has 4 aliphatic carbocycles. The van der Waals surface area contributed by atoms with Crippen molar-refractivity contribution in [3.05, 3.63) is 11.6 Å². The van der Waals surface area contributed by atoms with Crippen LogP contribution in [0.4, 0.5) is 0 Å². The van der Waals surface area contributed by atoms with Crippen LogP contribution in [0, 0.1) is 40.4 Å². The summed E-state index contributed by atoms with van der Waals surface area (Å²) in [5.74, 6) is 0.0831. The van der Waals surface area contributed by atoms with Crippen molar-refractivity contribution in [1.29, 1.82) is 0 Å². The monoisotopic (exact) mass is 900 g/mol. The van der Waals surface area contributed by atoms with E-state index in [1.54, 1.807) is 7.11 Å². The summed E-state index contributed by atoms with van der Waals surface area (Å²) in [5.41, 5.74) is -0.286. The second kappa shape index (κ2) is 17.2. The zero-order chi connectivity index (χ0) is 45.1. The Morgan fingerprint density at radius 2 is 1.46 bits per heavy atom. The summed E-state index contributed by atoms with van der Waals surface area (Å²) in [6.07, 6.45) is -12.6. The van der Waals surface area contributed by atoms with Crippen LogP contribution in [0.15, 0.2) is 11.6 Å². The van der Waals surface area contributed by atoms with Gasteiger partial charge < -0.3 is 88.6 Å². The van der Waals surface area contributed by atoms with Gasteiger partial charge in [0.1, 0.15) is 66.6 Å². The number of allylic oxidation sites excluding steroid dienone is 1. The van der Waals surface area contributed by atoms with Crippen LogP contribution in [0.25, 0.3) is 0 Å². The highest BCUT2D eigenvalue weighted by molar-refractivity contribution is 5.29. The number of rotatable bonds is 8. The van der Waals surface area contributed by atoms with Crippen molar-refractivity contribution in [1.82, 2.24) is 0 Å². The predicted octanol–water partition coefficient (Wildman–Crippen LogP) is -0.0594. The molecule has 0 amide bonds. The topological polar surface area (TPSA) is 265 Å². The van der Waals surface area contributed by atoms with Gasteiger partial charge in [0.2, 0.25) is 0 Å². The van der Waals surface area contributed by atoms with E-state index in [1.807, 2.05) is 0 Å². The van der Waals surface area contributed by atoms with Crippen LogP contribution in [0.2, 0.25) is 0 Å². The molecule has 9 N–H and O–H groups in total. The Hall–Kier alpha value is -0.980. The first-order valence-electron chi connectivity index (χ1n) is 23.4. The van der Waals surface area contributed by atoms with Crippen molar-refractivity contribution in [2.75, 3.05) is 20.3 Å². The van der Waals surface area contributed by atoms with E-state index in [1.165, 1.54) is 12.5 Å². The van der Waals surface area contributed by atoms with Gasteiger partial charge in [0.05, 0.1) is 31.5 Å². The van der Waals surface area contributed by atoms with Crippen LogP contribution in [-0.2, 0) is 42.6 Å². The molecule has 360 valence electrons. The van der Waals surface area contributed by atoms with Gasteiger partial charge in [-0.25, -0.2) is 0 Å². The molecule has 3 saturated carbocycles. The molecule has 5 saturated heterocycles. The van der Waals surface area contributed by atoms with E-state index in [4.69, 9.17) is 42.6 Å². The molecule has 0 aromatic rings. The first kappa shape index (κ1) is 47.1. The van der Waals surface area contributed by atoms with Gasteiger partial charge in [-0.15, -0.1) is 0 Å². The summed E-state index contributed by atoms with van der Waals surface area (Å²) in [6.45, 7) is 9.30. The van der Waals surface area contributed by atoms with E-state index in [0.717, 1.165) is 44.9 Å². The fraction of sp³-hybridized carbons (Fsp3) is 0.956. The maximum Gasteiger partial charge on any atom is 0.187 e. The van der Waals surface area contributed by atoms with Gasteiger partial charge in [0.25, 0.3) is 0 Å². The average Bonchev–Trinajstić information content (AvgIpc) is 3.62. The summed E-state index contributed by atoms with van der Waals surface area (Å²) in [4.78, 5) is 0. The SMILES string of the molecule is CO[C@@H]1O[C@]2(CC[C@H]1C)O[C@H]1C[C@H]3[C@@H]4CC=C5C[C@@H](O[C@@H]6O[C@H](CO)[C@@H](O)[C@H](O[C@@H]7OC[C@@H](O)[C@H](O)[C@H]7O)[C@H]6O[C@@H]6O[C@@H](C)[C@H](O)[C@@H](O)[C@H]6O)CC[C@]5(C)[C@H]4CC[C@]3(C)[C@@]1(O)[C@@H]2C. The molecule has 0 unspecified atom stereocenters. The molecule has 1 spiro atoms. The molecule has 5 aliphatic heterocycles. The van der Waals surface area contributed by atoms with Crippen LogP contribution in [-0.4, -0.2) is 182 Å². The second-order valence-corrected chi connectivity index (χ2v) is 21.0. The highest BCUT2D eigenvalue weighted by atomic mass is 16.8. The Kier molecular flexibility index (Phi) is 12.9. The minimum absolute atomic E-state index is 0.141. The summed E-state index contributed by atoms with van der Waals surface area (Å²) in [5, 5.41) is 98.1. The third-order valence-electron chi connectivity index (χ3n) is 17.9. The predicted molar refractivity (Wildman–Crippen MR) is 216 cm³/mol. The molecule has 0 radical (unpaired) electrons. The second-order valence-electron chi connectivity index (χ2n) is 21.0. The molecule has 63 heavy (non-hydrogen) atoms. The summed E-state index contributed by atoms with van der Waals surface area (Å²) in [7, 11) is 1.67. The number of aliphatic hydroxyl groups is 9. The van der Waals surface area contributed by atoms with Crippen molar-refractivity contribution in [2.24, 2.45) is 40.4 Å². The molecule has 0 aromatic carbocycles. The number of methoxy groups -OCH3 is 1. The Morgan fingerprint density at radius 1 is 0.730 bits per heavy atom. The van der Waals surface area contributed by atoms with E-state index in [-0.39, 0.29) is 47.6 Å². The number of hydrogen-bond donors (Lipinski definition) is 9. The van der Waals surface area contributed by atoms with E-state index in [0.29, 0.717) is 24.7 Å². The van der Waals surface area contributed by atoms with E-state index in [9.17, 15) is 46.0 Å². The van der Waals surface area contributed by atoms with Crippen LogP contribution >= 0.6 is 0 Å². The van der Waals surface area contributed by atoms with Gasteiger partial charge in [-0.2, -0.15) is 0 Å². The molecule has 8 fully saturated rings. The van der Waals surface area contributed by atoms with E-state index in [2.05, 4.69) is 33.8 Å². The fourth-order valence-electron chi connectivity index (χ4n) is 14.0. The first-order chi connectivity index (χ1) is 29.8. The molecule has 26 atom stereocenters. The minimum Gasteiger partial charge on any atom is -0.394 e. The normalized spacial score (nSPS) is 58.1. The fourth-order valence-corrected chi connectivity index (χ4v) is 14.0. The lowest BCUT2D eigenvalue weighted by atomic mass is 9.46. The van der Waals surface area contributed by atoms with Crippen molar-refractivity contribution in [3.8, 4) is 0 Å². The molecule has 18 nitrogen and oxygen atoms in total. The van der Waals surface area contributed by atoms with Gasteiger partial charge >= 0.3 is 0 Å². The summed E-state index contributed by atoms with van der Waals surface area (Å²) < 4.78 is 55.7. The van der Waals surface area contributed by atoms with Crippen molar-refractivity contribution in [2.45, 2.75) is 208 Å².